The number of nitrogens with zero attached hydrogens (tertiary/aromatic N) is 1. The molecule has 0 fully saturated rings. The van der Waals surface area contributed by atoms with Crippen LogP contribution in [0.4, 0.5) is 0 Å². The number of fused-ring (bicyclic) bond motifs is 1. The molecule has 0 unspecified atom stereocenters. The molecular weight excluding hydrogens is 252 g/mol. The first-order chi connectivity index (χ1) is 9.15. The molecule has 3 rings (SSSR count). The molecule has 1 heterocycles. The lowest BCUT2D eigenvalue weighted by atomic mass is 10.1. The minimum absolute atomic E-state index is 0.782. The molecule has 0 radical (unpaired) electrons. The van der Waals surface area contributed by atoms with Gasteiger partial charge in [-0.1, -0.05) is 42.0 Å². The number of hydrogen-bond donors (Lipinski definition) is 1. The van der Waals surface area contributed by atoms with Crippen molar-refractivity contribution in [3.8, 4) is 0 Å². The normalized spacial score (nSPS) is 11.1. The average molecular weight is 268 g/mol. The van der Waals surface area contributed by atoms with Crippen LogP contribution in [0.2, 0.25) is 0 Å². The van der Waals surface area contributed by atoms with Gasteiger partial charge < -0.3 is 9.55 Å². The molecule has 0 atom stereocenters. The number of benzene rings is 2. The highest BCUT2D eigenvalue weighted by atomic mass is 32.1. The van der Waals surface area contributed by atoms with Crippen LogP contribution in [-0.4, -0.2) is 9.55 Å². The van der Waals surface area contributed by atoms with E-state index in [4.69, 9.17) is 12.2 Å². The van der Waals surface area contributed by atoms with Gasteiger partial charge in [-0.15, -0.1) is 0 Å². The van der Waals surface area contributed by atoms with E-state index in [0.29, 0.717) is 0 Å². The maximum atomic E-state index is 5.44. The van der Waals surface area contributed by atoms with E-state index < -0.39 is 0 Å². The summed E-state index contributed by atoms with van der Waals surface area (Å²) in [6, 6.07) is 14.9. The van der Waals surface area contributed by atoms with E-state index in [1.54, 1.807) is 0 Å². The molecule has 3 heteroatoms. The van der Waals surface area contributed by atoms with Gasteiger partial charge in [0, 0.05) is 0 Å². The van der Waals surface area contributed by atoms with Crippen molar-refractivity contribution in [3.63, 3.8) is 0 Å². The van der Waals surface area contributed by atoms with Gasteiger partial charge in [-0.25, -0.2) is 0 Å². The van der Waals surface area contributed by atoms with E-state index in [1.807, 2.05) is 0 Å². The summed E-state index contributed by atoms with van der Waals surface area (Å²) in [6.07, 6.45) is 0. The largest absolute Gasteiger partial charge is 0.330 e. The SMILES string of the molecule is Cc1ccc(Cn2c(=S)[nH]c3c(C)cccc32)cc1. The van der Waals surface area contributed by atoms with Crippen LogP contribution >= 0.6 is 12.2 Å². The Morgan fingerprint density at radius 2 is 1.79 bits per heavy atom. The molecule has 0 bridgehead atoms. The molecule has 0 aliphatic carbocycles. The number of rotatable bonds is 2. The molecule has 0 amide bonds. The lowest BCUT2D eigenvalue weighted by molar-refractivity contribution is 0.810. The summed E-state index contributed by atoms with van der Waals surface area (Å²) in [5.74, 6) is 0. The van der Waals surface area contributed by atoms with Gasteiger partial charge >= 0.3 is 0 Å². The van der Waals surface area contributed by atoms with E-state index in [1.165, 1.54) is 22.2 Å². The van der Waals surface area contributed by atoms with Gasteiger partial charge in [0.25, 0.3) is 0 Å². The predicted molar refractivity (Wildman–Crippen MR) is 82.1 cm³/mol. The van der Waals surface area contributed by atoms with Crippen LogP contribution < -0.4 is 0 Å². The summed E-state index contributed by atoms with van der Waals surface area (Å²) in [4.78, 5) is 3.30. The number of imidazole rings is 1. The van der Waals surface area contributed by atoms with E-state index >= 15 is 0 Å². The van der Waals surface area contributed by atoms with E-state index in [2.05, 4.69) is 65.9 Å². The van der Waals surface area contributed by atoms with Crippen LogP contribution in [-0.2, 0) is 6.54 Å². The highest BCUT2D eigenvalue weighted by Crippen LogP contribution is 2.19. The fourth-order valence-corrected chi connectivity index (χ4v) is 2.62. The first-order valence-electron chi connectivity index (χ1n) is 6.39. The van der Waals surface area contributed by atoms with Crippen LogP contribution in [0.15, 0.2) is 42.5 Å². The Labute approximate surface area is 117 Å². The summed E-state index contributed by atoms with van der Waals surface area (Å²) in [5, 5.41) is 0. The quantitative estimate of drug-likeness (QED) is 0.685. The fourth-order valence-electron chi connectivity index (χ4n) is 2.36. The third-order valence-corrected chi connectivity index (χ3v) is 3.80. The van der Waals surface area contributed by atoms with Gasteiger partial charge in [0.2, 0.25) is 0 Å². The molecule has 3 aromatic rings. The third kappa shape index (κ3) is 2.22. The van der Waals surface area contributed by atoms with E-state index in [9.17, 15) is 0 Å². The number of para-hydroxylation sites is 1. The molecule has 2 aromatic carbocycles. The second-order valence-corrected chi connectivity index (χ2v) is 5.36. The molecule has 96 valence electrons. The second-order valence-electron chi connectivity index (χ2n) is 4.97. The van der Waals surface area contributed by atoms with Crippen LogP contribution in [0.25, 0.3) is 11.0 Å². The van der Waals surface area contributed by atoms with Crippen LogP contribution in [0.5, 0.6) is 0 Å². The molecule has 1 N–H and O–H groups in total. The molecule has 0 saturated heterocycles. The Hall–Kier alpha value is -1.87. The van der Waals surface area contributed by atoms with Crippen molar-refractivity contribution >= 4 is 23.3 Å². The van der Waals surface area contributed by atoms with Crippen LogP contribution in [0, 0.1) is 18.6 Å². The molecule has 0 saturated carbocycles. The predicted octanol–water partition coefficient (Wildman–Crippen LogP) is 4.36. The molecule has 0 aliphatic heterocycles. The van der Waals surface area contributed by atoms with E-state index in [-0.39, 0.29) is 0 Å². The molecule has 1 aromatic heterocycles. The number of aromatic nitrogens is 2. The Balaban J connectivity index is 2.10. The number of aromatic amines is 1. The van der Waals surface area contributed by atoms with Crippen molar-refractivity contribution in [1.82, 2.24) is 9.55 Å². The summed E-state index contributed by atoms with van der Waals surface area (Å²) in [5.41, 5.74) is 6.09. The third-order valence-electron chi connectivity index (χ3n) is 3.48. The van der Waals surface area contributed by atoms with Crippen molar-refractivity contribution in [2.75, 3.05) is 0 Å². The first-order valence-corrected chi connectivity index (χ1v) is 6.79. The van der Waals surface area contributed by atoms with Crippen molar-refractivity contribution < 1.29 is 0 Å². The number of hydrogen-bond acceptors (Lipinski definition) is 1. The second kappa shape index (κ2) is 4.67. The minimum Gasteiger partial charge on any atom is -0.330 e. The van der Waals surface area contributed by atoms with Gasteiger partial charge in [0.1, 0.15) is 0 Å². The lowest BCUT2D eigenvalue weighted by Crippen LogP contribution is -1.99. The molecule has 0 spiro atoms. The maximum Gasteiger partial charge on any atom is 0.178 e. The first kappa shape index (κ1) is 12.2. The van der Waals surface area contributed by atoms with Crippen LogP contribution in [0.3, 0.4) is 0 Å². The van der Waals surface area contributed by atoms with Gasteiger partial charge in [-0.2, -0.15) is 0 Å². The number of aryl methyl sites for hydroxylation is 2. The van der Waals surface area contributed by atoms with Crippen molar-refractivity contribution in [3.05, 3.63) is 63.9 Å². The average Bonchev–Trinajstić information content (AvgIpc) is 2.71. The Kier molecular flexibility index (Phi) is 2.99. The summed E-state index contributed by atoms with van der Waals surface area (Å²) < 4.78 is 2.94. The van der Waals surface area contributed by atoms with Crippen molar-refractivity contribution in [2.24, 2.45) is 0 Å². The topological polar surface area (TPSA) is 20.7 Å². The summed E-state index contributed by atoms with van der Waals surface area (Å²) in [6.45, 7) is 5.01. The highest BCUT2D eigenvalue weighted by Gasteiger charge is 2.06. The number of nitrogens with one attached hydrogen (secondary N) is 1. The zero-order valence-corrected chi connectivity index (χ0v) is 11.9. The summed E-state index contributed by atoms with van der Waals surface area (Å²) in [7, 11) is 0. The van der Waals surface area contributed by atoms with Crippen molar-refractivity contribution in [1.29, 1.82) is 0 Å². The van der Waals surface area contributed by atoms with Crippen LogP contribution in [0.1, 0.15) is 16.7 Å². The summed E-state index contributed by atoms with van der Waals surface area (Å²) >= 11 is 5.44. The lowest BCUT2D eigenvalue weighted by Gasteiger charge is -2.05. The van der Waals surface area contributed by atoms with Gasteiger partial charge in [0.15, 0.2) is 4.77 Å². The van der Waals surface area contributed by atoms with Gasteiger partial charge in [-0.05, 0) is 43.3 Å². The highest BCUT2D eigenvalue weighted by molar-refractivity contribution is 7.71. The Morgan fingerprint density at radius 1 is 1.05 bits per heavy atom. The zero-order chi connectivity index (χ0) is 13.4. The Bertz CT molecular complexity index is 779. The molecular formula is C16H16N2S. The Morgan fingerprint density at radius 3 is 2.53 bits per heavy atom. The molecule has 0 aliphatic rings. The van der Waals surface area contributed by atoms with E-state index in [0.717, 1.165) is 16.8 Å². The zero-order valence-electron chi connectivity index (χ0n) is 11.1. The maximum absolute atomic E-state index is 5.44. The molecule has 19 heavy (non-hydrogen) atoms. The minimum atomic E-state index is 0.782. The van der Waals surface area contributed by atoms with Crippen molar-refractivity contribution in [2.45, 2.75) is 20.4 Å². The fraction of sp³-hybridized carbons (Fsp3) is 0.188. The van der Waals surface area contributed by atoms with Gasteiger partial charge in [0.05, 0.1) is 17.6 Å². The van der Waals surface area contributed by atoms with Gasteiger partial charge in [-0.3, -0.25) is 0 Å². The number of H-pyrrole nitrogens is 1. The monoisotopic (exact) mass is 268 g/mol. The standard InChI is InChI=1S/C16H16N2S/c1-11-6-8-13(9-7-11)10-18-14-5-3-4-12(2)15(14)17-16(18)19/h3-9H,10H2,1-2H3,(H,17,19). The smallest absolute Gasteiger partial charge is 0.178 e. The molecule has 2 nitrogen and oxygen atoms in total.